The lowest BCUT2D eigenvalue weighted by atomic mass is 10.1. The normalized spacial score (nSPS) is 15.5. The van der Waals surface area contributed by atoms with Gasteiger partial charge < -0.3 is 31.4 Å². The monoisotopic (exact) mass is 479 g/mol. The number of amides is 3. The van der Waals surface area contributed by atoms with Gasteiger partial charge in [-0.15, -0.1) is 0 Å². The maximum absolute atomic E-state index is 13.0. The number of carbonyl (C=O) groups is 3. The fourth-order valence-electron chi connectivity index (χ4n) is 3.86. The number of hydrogen-bond acceptors (Lipinski definition) is 8. The number of piperazine rings is 1. The van der Waals surface area contributed by atoms with E-state index >= 15 is 0 Å². The van der Waals surface area contributed by atoms with Gasteiger partial charge in [0.2, 0.25) is 11.8 Å². The van der Waals surface area contributed by atoms with Crippen LogP contribution in [0.2, 0.25) is 0 Å². The molecule has 182 valence electrons. The lowest BCUT2D eigenvalue weighted by Gasteiger charge is -2.35. The Morgan fingerprint density at radius 1 is 1.20 bits per heavy atom. The van der Waals surface area contributed by atoms with Crippen molar-refractivity contribution in [3.05, 3.63) is 64.9 Å². The number of hydrogen-bond donors (Lipinski definition) is 4. The van der Waals surface area contributed by atoms with Crippen LogP contribution in [0, 0.1) is 0 Å². The van der Waals surface area contributed by atoms with Crippen molar-refractivity contribution in [1.29, 1.82) is 0 Å². The number of anilines is 2. The molecule has 4 rings (SSSR count). The second kappa shape index (κ2) is 10.2. The molecule has 1 aromatic carbocycles. The van der Waals surface area contributed by atoms with Crippen molar-refractivity contribution in [3.63, 3.8) is 0 Å². The zero-order chi connectivity index (χ0) is 24.9. The average Bonchev–Trinajstić information content (AvgIpc) is 3.31. The Labute approximate surface area is 199 Å². The van der Waals surface area contributed by atoms with Gasteiger partial charge in [0.25, 0.3) is 5.91 Å². The number of primary amides is 1. The van der Waals surface area contributed by atoms with Crippen molar-refractivity contribution in [2.24, 2.45) is 5.73 Å². The predicted octanol–water partition coefficient (Wildman–Crippen LogP) is 0.0136. The Hall–Kier alpha value is -4.45. The summed E-state index contributed by atoms with van der Waals surface area (Å²) in [6.45, 7) is 1.28. The van der Waals surface area contributed by atoms with E-state index in [9.17, 15) is 19.2 Å². The Bertz CT molecular complexity index is 1320. The summed E-state index contributed by atoms with van der Waals surface area (Å²) in [6.07, 6.45) is 1.46. The summed E-state index contributed by atoms with van der Waals surface area (Å²) < 4.78 is 6.95. The Morgan fingerprint density at radius 2 is 2.03 bits per heavy atom. The second-order valence-electron chi connectivity index (χ2n) is 8.08. The van der Waals surface area contributed by atoms with Gasteiger partial charge in [-0.3, -0.25) is 19.0 Å². The molecule has 1 aliphatic rings. The van der Waals surface area contributed by atoms with Gasteiger partial charge in [0, 0.05) is 43.5 Å². The van der Waals surface area contributed by atoms with Crippen LogP contribution >= 0.6 is 0 Å². The number of nitrogens with two attached hydrogens (primary N) is 2. The Balaban J connectivity index is 1.45. The molecule has 12 nitrogen and oxygen atoms in total. The first-order chi connectivity index (χ1) is 16.8. The maximum Gasteiger partial charge on any atom is 0.349 e. The first-order valence-electron chi connectivity index (χ1n) is 10.9. The number of nitrogens with one attached hydrogen (secondary N) is 2. The predicted molar refractivity (Wildman–Crippen MR) is 127 cm³/mol. The standard InChI is InChI=1S/C23H25N7O5/c24-19-6-8-29(23(34)28-19)13-21(32)27-15-3-1-2-14(10-15)17-4-5-18(35-17)22(33)30-9-7-26-12-16(30)11-20(25)31/h1-6,8,10,16,26H,7,9,11-13H2,(H2,25,31)(H,27,32)(H2,24,28,34). The van der Waals surface area contributed by atoms with Crippen molar-refractivity contribution < 1.29 is 18.8 Å². The van der Waals surface area contributed by atoms with Gasteiger partial charge in [-0.05, 0) is 30.3 Å². The topological polar surface area (TPSA) is 179 Å². The van der Waals surface area contributed by atoms with Crippen molar-refractivity contribution in [2.45, 2.75) is 19.0 Å². The van der Waals surface area contributed by atoms with Crippen LogP contribution in [0.1, 0.15) is 17.0 Å². The van der Waals surface area contributed by atoms with E-state index in [2.05, 4.69) is 15.6 Å². The highest BCUT2D eigenvalue weighted by Gasteiger charge is 2.30. The first kappa shape index (κ1) is 23.7. The molecule has 1 unspecified atom stereocenters. The number of rotatable bonds is 7. The Kier molecular flexibility index (Phi) is 6.92. The van der Waals surface area contributed by atoms with Crippen LogP contribution in [0.25, 0.3) is 11.3 Å². The van der Waals surface area contributed by atoms with E-state index in [1.807, 2.05) is 0 Å². The molecule has 0 radical (unpaired) electrons. The molecule has 3 aromatic rings. The molecule has 1 aliphatic heterocycles. The highest BCUT2D eigenvalue weighted by molar-refractivity contribution is 5.93. The number of furan rings is 1. The molecule has 3 heterocycles. The third-order valence-corrected chi connectivity index (χ3v) is 5.51. The summed E-state index contributed by atoms with van der Waals surface area (Å²) >= 11 is 0. The van der Waals surface area contributed by atoms with Crippen molar-refractivity contribution in [1.82, 2.24) is 19.8 Å². The summed E-state index contributed by atoms with van der Waals surface area (Å²) in [5, 5.41) is 5.88. The van der Waals surface area contributed by atoms with Crippen molar-refractivity contribution >= 4 is 29.2 Å². The van der Waals surface area contributed by atoms with Crippen LogP contribution in [0.15, 0.2) is 57.9 Å². The quantitative estimate of drug-likeness (QED) is 0.366. The molecule has 1 fully saturated rings. The molecule has 0 saturated carbocycles. The first-order valence-corrected chi connectivity index (χ1v) is 10.9. The molecule has 35 heavy (non-hydrogen) atoms. The minimum Gasteiger partial charge on any atom is -0.451 e. The van der Waals surface area contributed by atoms with Gasteiger partial charge in [-0.25, -0.2) is 4.79 Å². The van der Waals surface area contributed by atoms with Crippen molar-refractivity contribution in [3.8, 4) is 11.3 Å². The summed E-state index contributed by atoms with van der Waals surface area (Å²) in [4.78, 5) is 53.8. The highest BCUT2D eigenvalue weighted by Crippen LogP contribution is 2.26. The van der Waals surface area contributed by atoms with Gasteiger partial charge in [-0.2, -0.15) is 4.98 Å². The van der Waals surface area contributed by atoms with Gasteiger partial charge in [-0.1, -0.05) is 12.1 Å². The number of nitrogen functional groups attached to an aromatic ring is 1. The summed E-state index contributed by atoms with van der Waals surface area (Å²) in [6, 6.07) is 11.2. The fraction of sp³-hybridized carbons (Fsp3) is 0.261. The molecule has 0 aliphatic carbocycles. The lowest BCUT2D eigenvalue weighted by Crippen LogP contribution is -2.54. The molecule has 3 amide bonds. The molecule has 2 aromatic heterocycles. The SMILES string of the molecule is NC(=O)CC1CNCCN1C(=O)c1ccc(-c2cccc(NC(=O)Cn3ccc(N)nc3=O)c2)o1. The number of aromatic nitrogens is 2. The second-order valence-corrected chi connectivity index (χ2v) is 8.08. The van der Waals surface area contributed by atoms with Crippen LogP contribution in [0.5, 0.6) is 0 Å². The zero-order valence-electron chi connectivity index (χ0n) is 18.8. The van der Waals surface area contributed by atoms with Crippen LogP contribution in [-0.4, -0.2) is 57.8 Å². The van der Waals surface area contributed by atoms with Crippen molar-refractivity contribution in [2.75, 3.05) is 30.7 Å². The highest BCUT2D eigenvalue weighted by atomic mass is 16.4. The third kappa shape index (κ3) is 5.73. The number of carbonyl (C=O) groups excluding carboxylic acids is 3. The largest absolute Gasteiger partial charge is 0.451 e. The van der Waals surface area contributed by atoms with E-state index in [4.69, 9.17) is 15.9 Å². The maximum atomic E-state index is 13.0. The number of benzene rings is 1. The van der Waals surface area contributed by atoms with Crippen LogP contribution in [0.3, 0.4) is 0 Å². The van der Waals surface area contributed by atoms with Gasteiger partial charge >= 0.3 is 5.69 Å². The molecular weight excluding hydrogens is 454 g/mol. The number of nitrogens with zero attached hydrogens (tertiary/aromatic N) is 3. The van der Waals surface area contributed by atoms with E-state index < -0.39 is 17.5 Å². The van der Waals surface area contributed by atoms with Gasteiger partial charge in [0.1, 0.15) is 18.1 Å². The molecule has 0 spiro atoms. The minimum absolute atomic E-state index is 0.0621. The average molecular weight is 479 g/mol. The summed E-state index contributed by atoms with van der Waals surface area (Å²) in [5.41, 5.74) is 11.3. The molecule has 12 heteroatoms. The fourth-order valence-corrected chi connectivity index (χ4v) is 3.86. The van der Waals surface area contributed by atoms with E-state index in [0.29, 0.717) is 36.6 Å². The van der Waals surface area contributed by atoms with E-state index in [-0.39, 0.29) is 36.5 Å². The van der Waals surface area contributed by atoms with E-state index in [0.717, 1.165) is 4.57 Å². The van der Waals surface area contributed by atoms with Crippen LogP contribution in [-0.2, 0) is 16.1 Å². The molecular formula is C23H25N7O5. The van der Waals surface area contributed by atoms with E-state index in [1.165, 1.54) is 12.3 Å². The lowest BCUT2D eigenvalue weighted by molar-refractivity contribution is -0.119. The van der Waals surface area contributed by atoms with Crippen LogP contribution in [0.4, 0.5) is 11.5 Å². The molecule has 1 saturated heterocycles. The van der Waals surface area contributed by atoms with Gasteiger partial charge in [0.05, 0.1) is 6.04 Å². The smallest absolute Gasteiger partial charge is 0.349 e. The van der Waals surface area contributed by atoms with E-state index in [1.54, 1.807) is 41.3 Å². The van der Waals surface area contributed by atoms with Gasteiger partial charge in [0.15, 0.2) is 5.76 Å². The van der Waals surface area contributed by atoms with Crippen LogP contribution < -0.4 is 27.8 Å². The molecule has 0 bridgehead atoms. The summed E-state index contributed by atoms with van der Waals surface area (Å²) in [5.74, 6) is -0.573. The summed E-state index contributed by atoms with van der Waals surface area (Å²) in [7, 11) is 0. The zero-order valence-corrected chi connectivity index (χ0v) is 18.8. The Morgan fingerprint density at radius 3 is 2.80 bits per heavy atom. The minimum atomic E-state index is -0.621. The molecule has 6 N–H and O–H groups in total. The molecule has 1 atom stereocenters. The third-order valence-electron chi connectivity index (χ3n) is 5.51.